The van der Waals surface area contributed by atoms with Crippen molar-refractivity contribution in [3.05, 3.63) is 35.5 Å². The van der Waals surface area contributed by atoms with Gasteiger partial charge >= 0.3 is 0 Å². The molecule has 0 heterocycles. The molecular formula is C38H64. The van der Waals surface area contributed by atoms with Crippen LogP contribution in [-0.4, -0.2) is 0 Å². The van der Waals surface area contributed by atoms with Crippen molar-refractivity contribution in [2.45, 2.75) is 145 Å². The van der Waals surface area contributed by atoms with E-state index in [1.165, 1.54) is 56.9 Å². The van der Waals surface area contributed by atoms with E-state index < -0.39 is 0 Å². The molecule has 0 aromatic carbocycles. The number of hydrogen-bond acceptors (Lipinski definition) is 0. The molecule has 5 rings (SSSR count). The molecule has 4 fully saturated rings. The van der Waals surface area contributed by atoms with Gasteiger partial charge in [0.25, 0.3) is 0 Å². The molecule has 38 heavy (non-hydrogen) atoms. The number of unbranched alkanes of at least 4 members (excludes halogenated alkanes) is 1. The summed E-state index contributed by atoms with van der Waals surface area (Å²) in [5.41, 5.74) is 4.04. The maximum Gasteiger partial charge on any atom is -0.0109 e. The van der Waals surface area contributed by atoms with Crippen LogP contribution in [0.5, 0.6) is 0 Å². The van der Waals surface area contributed by atoms with Gasteiger partial charge in [0.2, 0.25) is 0 Å². The summed E-state index contributed by atoms with van der Waals surface area (Å²) < 4.78 is 0. The minimum Gasteiger partial charge on any atom is -0.0776 e. The van der Waals surface area contributed by atoms with Crippen molar-refractivity contribution in [2.24, 2.45) is 58.2 Å². The molecular weight excluding hydrogens is 456 g/mol. The van der Waals surface area contributed by atoms with Gasteiger partial charge in [0.1, 0.15) is 0 Å². The second-order valence-electron chi connectivity index (χ2n) is 15.4. The Morgan fingerprint density at radius 1 is 0.921 bits per heavy atom. The van der Waals surface area contributed by atoms with Gasteiger partial charge in [0.15, 0.2) is 0 Å². The van der Waals surface area contributed by atoms with E-state index in [4.69, 9.17) is 0 Å². The van der Waals surface area contributed by atoms with E-state index in [9.17, 15) is 0 Å². The Morgan fingerprint density at radius 2 is 1.71 bits per heavy atom. The topological polar surface area (TPSA) is 0 Å². The largest absolute Gasteiger partial charge is 0.0776 e. The molecule has 5 aliphatic carbocycles. The number of allylic oxidation sites excluding steroid dienone is 6. The van der Waals surface area contributed by atoms with Crippen molar-refractivity contribution in [1.82, 2.24) is 0 Å². The Kier molecular flexibility index (Phi) is 9.84. The first-order chi connectivity index (χ1) is 17.8. The van der Waals surface area contributed by atoms with Gasteiger partial charge in [-0.05, 0) is 134 Å². The molecule has 0 saturated heterocycles. The van der Waals surface area contributed by atoms with Crippen LogP contribution in [0, 0.1) is 58.2 Å². The van der Waals surface area contributed by atoms with Gasteiger partial charge in [-0.1, -0.05) is 105 Å². The molecule has 0 aliphatic heterocycles. The van der Waals surface area contributed by atoms with Gasteiger partial charge in [0, 0.05) is 0 Å². The van der Waals surface area contributed by atoms with Crippen molar-refractivity contribution in [2.75, 3.05) is 0 Å². The van der Waals surface area contributed by atoms with Crippen molar-refractivity contribution in [3.63, 3.8) is 0 Å². The van der Waals surface area contributed by atoms with Crippen molar-refractivity contribution in [3.8, 4) is 0 Å². The summed E-state index contributed by atoms with van der Waals surface area (Å²) >= 11 is 0. The van der Waals surface area contributed by atoms with Crippen molar-refractivity contribution >= 4 is 0 Å². The lowest BCUT2D eigenvalue weighted by atomic mass is 9.48. The molecule has 9 atom stereocenters. The van der Waals surface area contributed by atoms with Crippen LogP contribution in [0.15, 0.2) is 35.5 Å². The van der Waals surface area contributed by atoms with Gasteiger partial charge in [-0.2, -0.15) is 0 Å². The summed E-state index contributed by atoms with van der Waals surface area (Å²) in [5, 5.41) is 0. The lowest BCUT2D eigenvalue weighted by Crippen LogP contribution is -2.49. The molecule has 0 aromatic heterocycles. The van der Waals surface area contributed by atoms with Crippen LogP contribution >= 0.6 is 0 Å². The van der Waals surface area contributed by atoms with Gasteiger partial charge in [-0.15, -0.1) is 0 Å². The Bertz CT molecular complexity index is 868. The van der Waals surface area contributed by atoms with Crippen LogP contribution in [0.25, 0.3) is 0 Å². The van der Waals surface area contributed by atoms with Crippen LogP contribution in [0.1, 0.15) is 145 Å². The quantitative estimate of drug-likeness (QED) is 0.298. The first kappa shape index (κ1) is 30.2. The molecule has 0 nitrogen and oxygen atoms in total. The molecule has 0 aromatic rings. The van der Waals surface area contributed by atoms with Crippen LogP contribution in [0.3, 0.4) is 0 Å². The third-order valence-electron chi connectivity index (χ3n) is 13.2. The molecule has 6 unspecified atom stereocenters. The second kappa shape index (κ2) is 12.4. The highest BCUT2D eigenvalue weighted by Crippen LogP contribution is 2.66. The van der Waals surface area contributed by atoms with E-state index in [1.807, 2.05) is 0 Å². The lowest BCUT2D eigenvalue weighted by Gasteiger charge is -2.57. The number of fused-ring (bicyclic) bond motifs is 5. The van der Waals surface area contributed by atoms with Gasteiger partial charge < -0.3 is 0 Å². The molecule has 4 saturated carbocycles. The smallest absolute Gasteiger partial charge is 0.0109 e. The Hall–Kier alpha value is -0.780. The Morgan fingerprint density at radius 3 is 2.47 bits per heavy atom. The van der Waals surface area contributed by atoms with E-state index in [-0.39, 0.29) is 7.43 Å². The van der Waals surface area contributed by atoms with E-state index in [0.29, 0.717) is 10.8 Å². The van der Waals surface area contributed by atoms with Crippen LogP contribution < -0.4 is 0 Å². The van der Waals surface area contributed by atoms with Crippen molar-refractivity contribution in [1.29, 1.82) is 0 Å². The van der Waals surface area contributed by atoms with E-state index >= 15 is 0 Å². The van der Waals surface area contributed by atoms with E-state index in [0.717, 1.165) is 53.8 Å². The molecule has 0 amide bonds. The summed E-state index contributed by atoms with van der Waals surface area (Å²) in [7, 11) is 0. The van der Waals surface area contributed by atoms with Gasteiger partial charge in [-0.25, -0.2) is 0 Å². The highest BCUT2D eigenvalue weighted by atomic mass is 14.6. The summed E-state index contributed by atoms with van der Waals surface area (Å²) in [6.07, 6.45) is 31.9. The highest BCUT2D eigenvalue weighted by molar-refractivity contribution is 5.35. The van der Waals surface area contributed by atoms with Crippen molar-refractivity contribution < 1.29 is 0 Å². The standard InChI is InChI=1S/C37H60.CH4/c1-7-9-11-28-15-18-31-29(25-28)16-19-33-32(31)22-23-37(6)34(20-21-35(33)37)26(3)24-27-12-10-13-30(17-14-27)36(4,5)8-2;/h12-14,17,26,28-29,31-35H,7-11,15-16,18-25H2,1-6H3;1H4/t26?,28?,29?,31?,32-,33?,34-,35+,37?;/m1./s1. The summed E-state index contributed by atoms with van der Waals surface area (Å²) in [4.78, 5) is 0. The minimum absolute atomic E-state index is 0. The summed E-state index contributed by atoms with van der Waals surface area (Å²) in [5.74, 6) is 8.15. The fourth-order valence-corrected chi connectivity index (χ4v) is 10.7. The summed E-state index contributed by atoms with van der Waals surface area (Å²) in [6.45, 7) is 14.9. The molecule has 0 N–H and O–H groups in total. The van der Waals surface area contributed by atoms with Crippen LogP contribution in [-0.2, 0) is 0 Å². The number of rotatable bonds is 8. The third kappa shape index (κ3) is 5.81. The van der Waals surface area contributed by atoms with Gasteiger partial charge in [0.05, 0.1) is 0 Å². The molecule has 0 heteroatoms. The zero-order valence-corrected chi connectivity index (χ0v) is 25.5. The first-order valence-corrected chi connectivity index (χ1v) is 16.8. The molecule has 0 spiro atoms. The predicted molar refractivity (Wildman–Crippen MR) is 168 cm³/mol. The number of hydrogen-bond donors (Lipinski definition) is 0. The lowest BCUT2D eigenvalue weighted by molar-refractivity contribution is -0.0740. The van der Waals surface area contributed by atoms with Crippen LogP contribution in [0.4, 0.5) is 0 Å². The average Bonchev–Trinajstić information content (AvgIpc) is 3.08. The van der Waals surface area contributed by atoms with Crippen LogP contribution in [0.2, 0.25) is 0 Å². The monoisotopic (exact) mass is 521 g/mol. The Labute approximate surface area is 238 Å². The second-order valence-corrected chi connectivity index (χ2v) is 15.4. The zero-order chi connectivity index (χ0) is 26.2. The minimum atomic E-state index is 0. The summed E-state index contributed by atoms with van der Waals surface area (Å²) in [6, 6.07) is 0. The third-order valence-corrected chi connectivity index (χ3v) is 13.2. The molecule has 0 radical (unpaired) electrons. The predicted octanol–water partition coefficient (Wildman–Crippen LogP) is 12.0. The highest BCUT2D eigenvalue weighted by Gasteiger charge is 2.57. The molecule has 216 valence electrons. The van der Waals surface area contributed by atoms with E-state index in [1.54, 1.807) is 44.1 Å². The Balaban J connectivity index is 0.00000336. The van der Waals surface area contributed by atoms with E-state index in [2.05, 4.69) is 65.8 Å². The van der Waals surface area contributed by atoms with Gasteiger partial charge in [-0.3, -0.25) is 0 Å². The fraction of sp³-hybridized carbons (Fsp3) is 0.842. The average molecular weight is 521 g/mol. The first-order valence-electron chi connectivity index (χ1n) is 16.8. The molecule has 5 aliphatic rings. The maximum atomic E-state index is 2.76. The zero-order valence-electron chi connectivity index (χ0n) is 25.5. The SMILES string of the molecule is C.CCCCC1CCC2C(CCC3[C@@H]2CCC2(C)[C@@H](C(C)CC4=CCC=C(C(C)(C)CC)C=C4)CC[C@@H]32)C1. The maximum absolute atomic E-state index is 2.76. The fourth-order valence-electron chi connectivity index (χ4n) is 10.7. The normalized spacial score (nSPS) is 39.6. The molecule has 0 bridgehead atoms.